The van der Waals surface area contributed by atoms with E-state index in [1.54, 1.807) is 6.92 Å². The number of unbranched alkanes of at least 4 members (excludes halogenated alkanes) is 2. The summed E-state index contributed by atoms with van der Waals surface area (Å²) >= 11 is 0. The Kier molecular flexibility index (Phi) is 7.82. The molecule has 1 atom stereocenters. The van der Waals surface area contributed by atoms with E-state index in [9.17, 15) is 14.7 Å². The molecule has 0 aliphatic carbocycles. The first-order valence-corrected chi connectivity index (χ1v) is 5.43. The molecule has 0 bridgehead atoms. The highest BCUT2D eigenvalue weighted by Crippen LogP contribution is 2.15. The van der Waals surface area contributed by atoms with Gasteiger partial charge in [0, 0.05) is 6.42 Å². The van der Waals surface area contributed by atoms with Crippen LogP contribution >= 0.6 is 0 Å². The number of hydrogen-bond acceptors (Lipinski definition) is 3. The Hall–Kier alpha value is -0.960. The smallest absolute Gasteiger partial charge is 0.146 e. The van der Waals surface area contributed by atoms with Gasteiger partial charge in [-0.05, 0) is 30.9 Å². The fourth-order valence-electron chi connectivity index (χ4n) is 1.40. The molecule has 0 aromatic carbocycles. The minimum absolute atomic E-state index is 0.0664. The van der Waals surface area contributed by atoms with Crippen molar-refractivity contribution in [2.75, 3.05) is 0 Å². The Balaban J connectivity index is 4.36. The lowest BCUT2D eigenvalue weighted by atomic mass is 9.99. The maximum absolute atomic E-state index is 10.8. The Labute approximate surface area is 91.2 Å². The van der Waals surface area contributed by atoms with Crippen LogP contribution in [0.25, 0.3) is 0 Å². The van der Waals surface area contributed by atoms with E-state index in [0.717, 1.165) is 25.5 Å². The van der Waals surface area contributed by atoms with Crippen LogP contribution in [0, 0.1) is 0 Å². The molecule has 3 heteroatoms. The molecule has 15 heavy (non-hydrogen) atoms. The van der Waals surface area contributed by atoms with Gasteiger partial charge >= 0.3 is 0 Å². The second-order valence-corrected chi connectivity index (χ2v) is 3.70. The van der Waals surface area contributed by atoms with Crippen LogP contribution in [0.2, 0.25) is 0 Å². The van der Waals surface area contributed by atoms with E-state index in [-0.39, 0.29) is 6.42 Å². The van der Waals surface area contributed by atoms with Crippen molar-refractivity contribution in [3.8, 4) is 0 Å². The first-order chi connectivity index (χ1) is 7.17. The van der Waals surface area contributed by atoms with Crippen LogP contribution in [0.3, 0.4) is 0 Å². The number of aliphatic hydroxyl groups excluding tert-OH is 1. The molecule has 0 rings (SSSR count). The Morgan fingerprint density at radius 2 is 2.00 bits per heavy atom. The van der Waals surface area contributed by atoms with Crippen molar-refractivity contribution in [3.05, 3.63) is 11.1 Å². The lowest BCUT2D eigenvalue weighted by Crippen LogP contribution is -2.11. The second-order valence-electron chi connectivity index (χ2n) is 3.70. The van der Waals surface area contributed by atoms with Crippen molar-refractivity contribution >= 4 is 12.6 Å². The van der Waals surface area contributed by atoms with Gasteiger partial charge in [-0.1, -0.05) is 19.8 Å². The van der Waals surface area contributed by atoms with Gasteiger partial charge in [-0.15, -0.1) is 0 Å². The predicted molar refractivity (Wildman–Crippen MR) is 59.6 cm³/mol. The lowest BCUT2D eigenvalue weighted by molar-refractivity contribution is -0.109. The highest BCUT2D eigenvalue weighted by molar-refractivity contribution is 5.74. The Morgan fingerprint density at radius 3 is 2.47 bits per heavy atom. The van der Waals surface area contributed by atoms with Crippen molar-refractivity contribution in [1.82, 2.24) is 0 Å². The van der Waals surface area contributed by atoms with Gasteiger partial charge in [-0.3, -0.25) is 4.79 Å². The third kappa shape index (κ3) is 5.47. The van der Waals surface area contributed by atoms with Crippen LogP contribution in [0.15, 0.2) is 11.1 Å². The van der Waals surface area contributed by atoms with Gasteiger partial charge in [0.15, 0.2) is 0 Å². The Bertz CT molecular complexity index is 231. The van der Waals surface area contributed by atoms with Gasteiger partial charge < -0.3 is 9.90 Å². The van der Waals surface area contributed by atoms with Crippen LogP contribution in [0.5, 0.6) is 0 Å². The number of carbonyl (C=O) groups excluding carboxylic acids is 2. The summed E-state index contributed by atoms with van der Waals surface area (Å²) in [6.45, 7) is 3.81. The summed E-state index contributed by atoms with van der Waals surface area (Å²) in [6.07, 6.45) is 4.55. The van der Waals surface area contributed by atoms with Gasteiger partial charge in [0.2, 0.25) is 0 Å². The molecular formula is C12H20O3. The van der Waals surface area contributed by atoms with E-state index in [1.165, 1.54) is 0 Å². The van der Waals surface area contributed by atoms with Crippen molar-refractivity contribution in [2.45, 2.75) is 52.1 Å². The molecule has 0 aliphatic rings. The molecule has 0 radical (unpaired) electrons. The average Bonchev–Trinajstić information content (AvgIpc) is 2.24. The molecule has 0 saturated carbocycles. The van der Waals surface area contributed by atoms with Crippen LogP contribution < -0.4 is 0 Å². The predicted octanol–water partition coefficient (Wildman–Crippen LogP) is 2.03. The van der Waals surface area contributed by atoms with Crippen molar-refractivity contribution in [3.63, 3.8) is 0 Å². The van der Waals surface area contributed by atoms with E-state index in [4.69, 9.17) is 0 Å². The van der Waals surface area contributed by atoms with E-state index in [2.05, 4.69) is 6.92 Å². The third-order valence-corrected chi connectivity index (χ3v) is 2.52. The molecular weight excluding hydrogens is 192 g/mol. The Morgan fingerprint density at radius 1 is 1.33 bits per heavy atom. The summed E-state index contributed by atoms with van der Waals surface area (Å²) in [5.74, 6) is 0. The van der Waals surface area contributed by atoms with Crippen LogP contribution in [0.1, 0.15) is 46.0 Å². The van der Waals surface area contributed by atoms with Crippen LogP contribution in [0.4, 0.5) is 0 Å². The number of allylic oxidation sites excluding steroid dienone is 1. The highest BCUT2D eigenvalue weighted by Gasteiger charge is 2.10. The van der Waals surface area contributed by atoms with Crippen molar-refractivity contribution < 1.29 is 14.7 Å². The van der Waals surface area contributed by atoms with E-state index >= 15 is 0 Å². The fraction of sp³-hybridized carbons (Fsp3) is 0.667. The topological polar surface area (TPSA) is 54.4 Å². The van der Waals surface area contributed by atoms with Crippen LogP contribution in [-0.2, 0) is 9.59 Å². The number of rotatable bonds is 8. The number of aldehydes is 2. The molecule has 0 heterocycles. The van der Waals surface area contributed by atoms with E-state index in [1.807, 2.05) is 0 Å². The maximum Gasteiger partial charge on any atom is 0.146 e. The molecule has 0 fully saturated rings. The molecule has 1 unspecified atom stereocenters. The van der Waals surface area contributed by atoms with Crippen molar-refractivity contribution in [1.29, 1.82) is 0 Å². The molecule has 1 N–H and O–H groups in total. The quantitative estimate of drug-likeness (QED) is 0.380. The van der Waals surface area contributed by atoms with Gasteiger partial charge in [0.05, 0.1) is 6.10 Å². The van der Waals surface area contributed by atoms with Gasteiger partial charge in [-0.25, -0.2) is 0 Å². The largest absolute Gasteiger partial charge is 0.388 e. The third-order valence-electron chi connectivity index (χ3n) is 2.52. The minimum atomic E-state index is -0.802. The standard InChI is InChI=1S/C12H20O3/c1-3-4-5-6-11(9-14)10(2)12(15)7-8-13/h8-9,12,15H,3-7H2,1-2H3. The summed E-state index contributed by atoms with van der Waals surface area (Å²) in [5, 5.41) is 9.53. The summed E-state index contributed by atoms with van der Waals surface area (Å²) in [7, 11) is 0. The zero-order valence-corrected chi connectivity index (χ0v) is 9.53. The molecule has 86 valence electrons. The first-order valence-electron chi connectivity index (χ1n) is 5.43. The highest BCUT2D eigenvalue weighted by atomic mass is 16.3. The molecule has 0 aromatic heterocycles. The summed E-state index contributed by atoms with van der Waals surface area (Å²) in [4.78, 5) is 21.0. The van der Waals surface area contributed by atoms with Crippen molar-refractivity contribution in [2.24, 2.45) is 0 Å². The minimum Gasteiger partial charge on any atom is -0.388 e. The molecule has 3 nitrogen and oxygen atoms in total. The fourth-order valence-corrected chi connectivity index (χ4v) is 1.40. The molecule has 0 aliphatic heterocycles. The van der Waals surface area contributed by atoms with Gasteiger partial charge in [0.1, 0.15) is 12.6 Å². The molecule has 0 amide bonds. The van der Waals surface area contributed by atoms with Gasteiger partial charge in [0.25, 0.3) is 0 Å². The van der Waals surface area contributed by atoms with Crippen LogP contribution in [-0.4, -0.2) is 23.8 Å². The zero-order chi connectivity index (χ0) is 11.7. The molecule has 0 spiro atoms. The second kappa shape index (κ2) is 8.36. The monoisotopic (exact) mass is 212 g/mol. The van der Waals surface area contributed by atoms with E-state index < -0.39 is 6.10 Å². The summed E-state index contributed by atoms with van der Waals surface area (Å²) in [6, 6.07) is 0. The number of hydrogen-bond donors (Lipinski definition) is 1. The zero-order valence-electron chi connectivity index (χ0n) is 9.53. The molecule has 0 saturated heterocycles. The van der Waals surface area contributed by atoms with E-state index in [0.29, 0.717) is 23.9 Å². The SMILES string of the molecule is CCCCCC(C=O)=C(C)C(O)CC=O. The van der Waals surface area contributed by atoms with Gasteiger partial charge in [-0.2, -0.15) is 0 Å². The number of carbonyl (C=O) groups is 2. The first kappa shape index (κ1) is 14.0. The molecule has 0 aromatic rings. The summed E-state index contributed by atoms with van der Waals surface area (Å²) in [5.41, 5.74) is 1.27. The average molecular weight is 212 g/mol. The summed E-state index contributed by atoms with van der Waals surface area (Å²) < 4.78 is 0. The maximum atomic E-state index is 10.8. The number of aliphatic hydroxyl groups is 1. The lowest BCUT2D eigenvalue weighted by Gasteiger charge is -2.11. The normalized spacial score (nSPS) is 14.3.